The topological polar surface area (TPSA) is 76.0 Å². The molecular weight excluding hydrogens is 375 g/mol. The minimum atomic E-state index is -0.400. The number of hydrogen-bond donors (Lipinski definition) is 2. The molecule has 0 saturated carbocycles. The maximum atomic E-state index is 12.8. The van der Waals surface area contributed by atoms with Crippen molar-refractivity contribution < 1.29 is 9.59 Å². The summed E-state index contributed by atoms with van der Waals surface area (Å²) in [5, 5.41) is 6.21. The zero-order valence-corrected chi connectivity index (χ0v) is 16.1. The Morgan fingerprint density at radius 3 is 2.69 bits per heavy atom. The number of benzene rings is 1. The second-order valence-electron chi connectivity index (χ2n) is 6.52. The summed E-state index contributed by atoms with van der Waals surface area (Å²) in [7, 11) is 0. The first-order valence-electron chi connectivity index (χ1n) is 8.54. The van der Waals surface area contributed by atoms with Gasteiger partial charge in [-0.05, 0) is 45.2 Å². The quantitative estimate of drug-likeness (QED) is 0.824. The van der Waals surface area contributed by atoms with Gasteiger partial charge in [-0.1, -0.05) is 29.3 Å². The van der Waals surface area contributed by atoms with Gasteiger partial charge >= 0.3 is 0 Å². The van der Waals surface area contributed by atoms with E-state index in [-0.39, 0.29) is 28.5 Å². The van der Waals surface area contributed by atoms with Crippen LogP contribution < -0.4 is 10.6 Å². The second-order valence-corrected chi connectivity index (χ2v) is 7.31. The Kier molecular flexibility index (Phi) is 5.53. The molecule has 1 aromatic heterocycles. The molecule has 0 aliphatic carbocycles. The number of anilines is 1. The number of carbonyl (C=O) groups is 2. The number of aromatic nitrogens is 2. The number of nitrogens with one attached hydrogen (secondary N) is 2. The minimum Gasteiger partial charge on any atom is -0.347 e. The van der Waals surface area contributed by atoms with Crippen LogP contribution in [0.2, 0.25) is 10.0 Å². The van der Waals surface area contributed by atoms with Crippen molar-refractivity contribution >= 4 is 40.7 Å². The molecule has 1 aliphatic rings. The Labute approximate surface area is 161 Å². The molecule has 0 bridgehead atoms. The van der Waals surface area contributed by atoms with E-state index in [0.29, 0.717) is 23.7 Å². The number of hydrogen-bond acceptors (Lipinski definition) is 3. The normalized spacial score (nSPS) is 13.4. The highest BCUT2D eigenvalue weighted by Gasteiger charge is 2.28. The molecule has 2 amide bonds. The lowest BCUT2D eigenvalue weighted by atomic mass is 10.1. The monoisotopic (exact) mass is 394 g/mol. The van der Waals surface area contributed by atoms with Crippen molar-refractivity contribution in [3.8, 4) is 0 Å². The maximum absolute atomic E-state index is 12.8. The standard InChI is InChI=1S/C18H20Cl2N4O2/c1-10(2)21-18(26)16-23-15(13-8-3-4-9-24(13)16)17(25)22-12-7-5-6-11(19)14(12)20/h5-7,10H,3-4,8-9H2,1-2H3,(H,21,26)(H,22,25). The third-order valence-electron chi connectivity index (χ3n) is 4.16. The summed E-state index contributed by atoms with van der Waals surface area (Å²) in [5.74, 6) is -0.401. The van der Waals surface area contributed by atoms with Crippen molar-refractivity contribution in [1.82, 2.24) is 14.9 Å². The Balaban J connectivity index is 1.94. The summed E-state index contributed by atoms with van der Waals surface area (Å²) in [6.45, 7) is 4.44. The van der Waals surface area contributed by atoms with Gasteiger partial charge in [-0.2, -0.15) is 0 Å². The molecule has 2 heterocycles. The first-order valence-corrected chi connectivity index (χ1v) is 9.29. The highest BCUT2D eigenvalue weighted by Crippen LogP contribution is 2.30. The van der Waals surface area contributed by atoms with Crippen molar-refractivity contribution in [1.29, 1.82) is 0 Å². The van der Waals surface area contributed by atoms with Gasteiger partial charge in [0.25, 0.3) is 11.8 Å². The predicted molar refractivity (Wildman–Crippen MR) is 102 cm³/mol. The van der Waals surface area contributed by atoms with Gasteiger partial charge in [0.05, 0.1) is 21.4 Å². The van der Waals surface area contributed by atoms with Crippen LogP contribution in [0.5, 0.6) is 0 Å². The summed E-state index contributed by atoms with van der Waals surface area (Å²) in [6.07, 6.45) is 2.61. The molecule has 0 unspecified atom stereocenters. The van der Waals surface area contributed by atoms with Crippen LogP contribution >= 0.6 is 23.2 Å². The molecule has 0 radical (unpaired) electrons. The Bertz CT molecular complexity index is 861. The first kappa shape index (κ1) is 18.7. The first-order chi connectivity index (χ1) is 12.4. The number of rotatable bonds is 4. The lowest BCUT2D eigenvalue weighted by molar-refractivity contribution is 0.0927. The number of halogens is 2. The van der Waals surface area contributed by atoms with E-state index >= 15 is 0 Å². The molecule has 2 aromatic rings. The highest BCUT2D eigenvalue weighted by molar-refractivity contribution is 6.44. The average molecular weight is 395 g/mol. The predicted octanol–water partition coefficient (Wildman–Crippen LogP) is 3.92. The van der Waals surface area contributed by atoms with E-state index in [1.54, 1.807) is 18.2 Å². The van der Waals surface area contributed by atoms with E-state index in [2.05, 4.69) is 15.6 Å². The summed E-state index contributed by atoms with van der Waals surface area (Å²) in [6, 6.07) is 5.00. The molecule has 138 valence electrons. The molecule has 1 aliphatic heterocycles. The van der Waals surface area contributed by atoms with Gasteiger partial charge < -0.3 is 15.2 Å². The van der Waals surface area contributed by atoms with Gasteiger partial charge in [0, 0.05) is 12.6 Å². The molecular formula is C18H20Cl2N4O2. The van der Waals surface area contributed by atoms with Crippen molar-refractivity contribution in [2.24, 2.45) is 0 Å². The highest BCUT2D eigenvalue weighted by atomic mass is 35.5. The number of carbonyl (C=O) groups excluding carboxylic acids is 2. The van der Waals surface area contributed by atoms with Crippen molar-refractivity contribution in [3.05, 3.63) is 45.5 Å². The average Bonchev–Trinajstić information content (AvgIpc) is 2.98. The molecule has 3 rings (SSSR count). The van der Waals surface area contributed by atoms with E-state index in [0.717, 1.165) is 18.5 Å². The molecule has 2 N–H and O–H groups in total. The van der Waals surface area contributed by atoms with Crippen molar-refractivity contribution in [2.45, 2.75) is 45.7 Å². The lowest BCUT2D eigenvalue weighted by Crippen LogP contribution is -2.33. The second kappa shape index (κ2) is 7.68. The summed E-state index contributed by atoms with van der Waals surface area (Å²) in [5.41, 5.74) is 1.45. The molecule has 6 nitrogen and oxygen atoms in total. The number of imidazole rings is 1. The van der Waals surface area contributed by atoms with Crippen LogP contribution in [0.15, 0.2) is 18.2 Å². The van der Waals surface area contributed by atoms with Crippen LogP contribution in [0, 0.1) is 0 Å². The van der Waals surface area contributed by atoms with Gasteiger partial charge in [0.15, 0.2) is 11.5 Å². The van der Waals surface area contributed by atoms with Crippen LogP contribution in [-0.2, 0) is 13.0 Å². The van der Waals surface area contributed by atoms with Crippen LogP contribution in [-0.4, -0.2) is 27.4 Å². The molecule has 0 fully saturated rings. The van der Waals surface area contributed by atoms with E-state index in [4.69, 9.17) is 23.2 Å². The zero-order chi connectivity index (χ0) is 18.8. The van der Waals surface area contributed by atoms with Crippen LogP contribution in [0.3, 0.4) is 0 Å². The fourth-order valence-electron chi connectivity index (χ4n) is 3.01. The molecule has 0 atom stereocenters. The van der Waals surface area contributed by atoms with Crippen LogP contribution in [0.4, 0.5) is 5.69 Å². The molecule has 8 heteroatoms. The molecule has 0 saturated heterocycles. The van der Waals surface area contributed by atoms with Crippen molar-refractivity contribution in [3.63, 3.8) is 0 Å². The minimum absolute atomic E-state index is 0.0124. The van der Waals surface area contributed by atoms with Crippen LogP contribution in [0.25, 0.3) is 0 Å². The number of fused-ring (bicyclic) bond motifs is 1. The van der Waals surface area contributed by atoms with E-state index in [9.17, 15) is 9.59 Å². The third kappa shape index (κ3) is 3.71. The van der Waals surface area contributed by atoms with E-state index in [1.165, 1.54) is 0 Å². The van der Waals surface area contributed by atoms with Crippen LogP contribution in [0.1, 0.15) is 53.5 Å². The zero-order valence-electron chi connectivity index (χ0n) is 14.6. The van der Waals surface area contributed by atoms with Gasteiger partial charge in [-0.15, -0.1) is 0 Å². The van der Waals surface area contributed by atoms with E-state index in [1.807, 2.05) is 18.4 Å². The fourth-order valence-corrected chi connectivity index (χ4v) is 3.35. The summed E-state index contributed by atoms with van der Waals surface area (Å²) >= 11 is 12.1. The Morgan fingerprint density at radius 1 is 1.19 bits per heavy atom. The fraction of sp³-hybridized carbons (Fsp3) is 0.389. The summed E-state index contributed by atoms with van der Waals surface area (Å²) in [4.78, 5) is 29.6. The third-order valence-corrected chi connectivity index (χ3v) is 4.97. The van der Waals surface area contributed by atoms with Gasteiger partial charge in [-0.3, -0.25) is 9.59 Å². The number of amides is 2. The maximum Gasteiger partial charge on any atom is 0.287 e. The lowest BCUT2D eigenvalue weighted by Gasteiger charge is -2.17. The smallest absolute Gasteiger partial charge is 0.287 e. The van der Waals surface area contributed by atoms with E-state index < -0.39 is 5.91 Å². The molecule has 26 heavy (non-hydrogen) atoms. The Morgan fingerprint density at radius 2 is 1.96 bits per heavy atom. The Hall–Kier alpha value is -2.05. The van der Waals surface area contributed by atoms with Crippen molar-refractivity contribution in [2.75, 3.05) is 5.32 Å². The molecule has 1 aromatic carbocycles. The SMILES string of the molecule is CC(C)NC(=O)c1nc(C(=O)Nc2cccc(Cl)c2Cl)c2n1CCCC2. The van der Waals surface area contributed by atoms with Gasteiger partial charge in [0.1, 0.15) is 0 Å². The van der Waals surface area contributed by atoms with Gasteiger partial charge in [0.2, 0.25) is 0 Å². The largest absolute Gasteiger partial charge is 0.347 e. The summed E-state index contributed by atoms with van der Waals surface area (Å²) < 4.78 is 1.84. The van der Waals surface area contributed by atoms with Gasteiger partial charge in [-0.25, -0.2) is 4.98 Å². The number of nitrogens with zero attached hydrogens (tertiary/aromatic N) is 2. The molecule has 0 spiro atoms.